The lowest BCUT2D eigenvalue weighted by molar-refractivity contribution is 0.00951. The maximum absolute atomic E-state index is 9.97. The molecule has 114 valence electrons. The van der Waals surface area contributed by atoms with E-state index in [1.165, 1.54) is 0 Å². The Kier molecular flexibility index (Phi) is 7.16. The molecule has 1 aromatic carbocycles. The van der Waals surface area contributed by atoms with E-state index < -0.39 is 6.10 Å². The van der Waals surface area contributed by atoms with Crippen molar-refractivity contribution in [1.82, 2.24) is 4.90 Å². The average Bonchev–Trinajstić information content (AvgIpc) is 2.39. The van der Waals surface area contributed by atoms with E-state index in [1.807, 2.05) is 37.4 Å². The summed E-state index contributed by atoms with van der Waals surface area (Å²) >= 11 is 0. The minimum absolute atomic E-state index is 0.0688. The minimum Gasteiger partial charge on any atom is -0.389 e. The molecule has 1 aromatic rings. The number of likely N-dealkylation sites (N-methyl/N-ethyl adjacent to an activating group) is 1. The number of hydrogen-bond acceptors (Lipinski definition) is 4. The van der Waals surface area contributed by atoms with E-state index in [2.05, 4.69) is 18.7 Å². The normalized spacial score (nSPS) is 13.7. The van der Waals surface area contributed by atoms with Crippen LogP contribution in [0.25, 0.3) is 0 Å². The first-order chi connectivity index (χ1) is 9.43. The molecule has 0 aliphatic rings. The van der Waals surface area contributed by atoms with E-state index >= 15 is 0 Å². The highest BCUT2D eigenvalue weighted by molar-refractivity contribution is 5.13. The summed E-state index contributed by atoms with van der Waals surface area (Å²) in [5.74, 6) is 0. The lowest BCUT2D eigenvalue weighted by Crippen LogP contribution is -2.41. The molecule has 20 heavy (non-hydrogen) atoms. The Labute approximate surface area is 122 Å². The van der Waals surface area contributed by atoms with E-state index in [1.54, 1.807) is 0 Å². The second-order valence-corrected chi connectivity index (χ2v) is 6.22. The Bertz CT molecular complexity index is 368. The van der Waals surface area contributed by atoms with Gasteiger partial charge in [-0.3, -0.25) is 0 Å². The average molecular weight is 280 g/mol. The molecule has 0 heterocycles. The molecule has 0 saturated heterocycles. The van der Waals surface area contributed by atoms with Crippen molar-refractivity contribution >= 4 is 0 Å². The molecular weight excluding hydrogens is 252 g/mol. The molecule has 1 atom stereocenters. The fraction of sp³-hybridized carbons (Fsp3) is 0.625. The Morgan fingerprint density at radius 2 is 1.95 bits per heavy atom. The summed E-state index contributed by atoms with van der Waals surface area (Å²) in [6.07, 6.45) is -0.475. The van der Waals surface area contributed by atoms with Crippen molar-refractivity contribution in [2.75, 3.05) is 33.3 Å². The van der Waals surface area contributed by atoms with Crippen molar-refractivity contribution in [3.05, 3.63) is 35.9 Å². The van der Waals surface area contributed by atoms with Crippen LogP contribution in [-0.2, 0) is 11.3 Å². The first kappa shape index (κ1) is 17.1. The van der Waals surface area contributed by atoms with Crippen LogP contribution in [0.3, 0.4) is 0 Å². The van der Waals surface area contributed by atoms with Crippen molar-refractivity contribution in [3.63, 3.8) is 0 Å². The topological polar surface area (TPSA) is 58.7 Å². The quantitative estimate of drug-likeness (QED) is 0.719. The zero-order chi connectivity index (χ0) is 15.0. The standard InChI is InChI=1S/C16H28N2O2/c1-16(2,12-17)13-18(3)9-15(19)11-20-10-14-7-5-4-6-8-14/h4-8,15,19H,9-13,17H2,1-3H3. The van der Waals surface area contributed by atoms with Gasteiger partial charge in [-0.1, -0.05) is 44.2 Å². The molecule has 0 saturated carbocycles. The predicted octanol–water partition coefficient (Wildman–Crippen LogP) is 1.48. The highest BCUT2D eigenvalue weighted by Crippen LogP contribution is 2.14. The molecule has 0 spiro atoms. The van der Waals surface area contributed by atoms with Gasteiger partial charge in [0.05, 0.1) is 19.3 Å². The highest BCUT2D eigenvalue weighted by atomic mass is 16.5. The van der Waals surface area contributed by atoms with Crippen LogP contribution in [-0.4, -0.2) is 49.4 Å². The van der Waals surface area contributed by atoms with Crippen LogP contribution >= 0.6 is 0 Å². The van der Waals surface area contributed by atoms with Crippen LogP contribution in [0.2, 0.25) is 0 Å². The molecule has 0 aliphatic heterocycles. The lowest BCUT2D eigenvalue weighted by atomic mass is 9.93. The number of nitrogens with zero attached hydrogens (tertiary/aromatic N) is 1. The van der Waals surface area contributed by atoms with E-state index in [0.29, 0.717) is 26.3 Å². The third-order valence-electron chi connectivity index (χ3n) is 3.19. The molecule has 0 fully saturated rings. The number of hydrogen-bond donors (Lipinski definition) is 2. The van der Waals surface area contributed by atoms with E-state index in [0.717, 1.165) is 12.1 Å². The molecule has 1 unspecified atom stereocenters. The maximum Gasteiger partial charge on any atom is 0.0900 e. The van der Waals surface area contributed by atoms with E-state index in [4.69, 9.17) is 10.5 Å². The van der Waals surface area contributed by atoms with Gasteiger partial charge in [0.1, 0.15) is 0 Å². The Morgan fingerprint density at radius 1 is 1.30 bits per heavy atom. The molecular formula is C16H28N2O2. The van der Waals surface area contributed by atoms with Gasteiger partial charge in [-0.25, -0.2) is 0 Å². The van der Waals surface area contributed by atoms with Gasteiger partial charge >= 0.3 is 0 Å². The van der Waals surface area contributed by atoms with Gasteiger partial charge in [0.25, 0.3) is 0 Å². The van der Waals surface area contributed by atoms with Crippen LogP contribution in [0, 0.1) is 5.41 Å². The molecule has 0 bridgehead atoms. The lowest BCUT2D eigenvalue weighted by Gasteiger charge is -2.30. The molecule has 0 aliphatic carbocycles. The van der Waals surface area contributed by atoms with Crippen molar-refractivity contribution in [1.29, 1.82) is 0 Å². The number of benzene rings is 1. The highest BCUT2D eigenvalue weighted by Gasteiger charge is 2.19. The van der Waals surface area contributed by atoms with Gasteiger partial charge in [-0.05, 0) is 24.6 Å². The van der Waals surface area contributed by atoms with Crippen LogP contribution in [0.1, 0.15) is 19.4 Å². The Balaban J connectivity index is 2.21. The summed E-state index contributed by atoms with van der Waals surface area (Å²) in [4.78, 5) is 2.10. The van der Waals surface area contributed by atoms with Crippen molar-refractivity contribution in [3.8, 4) is 0 Å². The molecule has 0 amide bonds. The van der Waals surface area contributed by atoms with Crippen molar-refractivity contribution < 1.29 is 9.84 Å². The van der Waals surface area contributed by atoms with E-state index in [-0.39, 0.29) is 5.41 Å². The molecule has 1 rings (SSSR count). The SMILES string of the molecule is CN(CC(O)COCc1ccccc1)CC(C)(C)CN. The second kappa shape index (κ2) is 8.37. The van der Waals surface area contributed by atoms with Gasteiger partial charge < -0.3 is 20.5 Å². The predicted molar refractivity (Wildman–Crippen MR) is 82.4 cm³/mol. The number of nitrogens with two attached hydrogens (primary N) is 1. The number of rotatable bonds is 9. The second-order valence-electron chi connectivity index (χ2n) is 6.22. The zero-order valence-electron chi connectivity index (χ0n) is 12.9. The molecule has 3 N–H and O–H groups in total. The summed E-state index contributed by atoms with van der Waals surface area (Å²) < 4.78 is 5.54. The zero-order valence-corrected chi connectivity index (χ0v) is 12.9. The van der Waals surface area contributed by atoms with Crippen molar-refractivity contribution in [2.45, 2.75) is 26.6 Å². The van der Waals surface area contributed by atoms with E-state index in [9.17, 15) is 5.11 Å². The summed E-state index contributed by atoms with van der Waals surface area (Å²) in [7, 11) is 2.00. The largest absolute Gasteiger partial charge is 0.389 e. The molecule has 4 nitrogen and oxygen atoms in total. The summed E-state index contributed by atoms with van der Waals surface area (Å²) in [5, 5.41) is 9.97. The van der Waals surface area contributed by atoms with Crippen LogP contribution in [0.15, 0.2) is 30.3 Å². The fourth-order valence-corrected chi connectivity index (χ4v) is 2.16. The van der Waals surface area contributed by atoms with Crippen LogP contribution in [0.4, 0.5) is 0 Å². The van der Waals surface area contributed by atoms with Gasteiger partial charge in [0, 0.05) is 13.1 Å². The van der Waals surface area contributed by atoms with Gasteiger partial charge in [-0.15, -0.1) is 0 Å². The van der Waals surface area contributed by atoms with Gasteiger partial charge in [0.15, 0.2) is 0 Å². The summed E-state index contributed by atoms with van der Waals surface area (Å²) in [6, 6.07) is 9.98. The van der Waals surface area contributed by atoms with Crippen LogP contribution in [0.5, 0.6) is 0 Å². The first-order valence-corrected chi connectivity index (χ1v) is 7.11. The molecule has 4 heteroatoms. The third-order valence-corrected chi connectivity index (χ3v) is 3.19. The Hall–Kier alpha value is -0.940. The smallest absolute Gasteiger partial charge is 0.0900 e. The fourth-order valence-electron chi connectivity index (χ4n) is 2.16. The maximum atomic E-state index is 9.97. The minimum atomic E-state index is -0.475. The van der Waals surface area contributed by atoms with Crippen molar-refractivity contribution in [2.24, 2.45) is 11.1 Å². The summed E-state index contributed by atoms with van der Waals surface area (Å²) in [6.45, 7) is 7.23. The van der Waals surface area contributed by atoms with Gasteiger partial charge in [0.2, 0.25) is 0 Å². The third kappa shape index (κ3) is 7.01. The molecule has 0 radical (unpaired) electrons. The molecule has 0 aromatic heterocycles. The number of ether oxygens (including phenoxy) is 1. The number of aliphatic hydroxyl groups excluding tert-OH is 1. The number of aliphatic hydroxyl groups is 1. The monoisotopic (exact) mass is 280 g/mol. The van der Waals surface area contributed by atoms with Gasteiger partial charge in [-0.2, -0.15) is 0 Å². The van der Waals surface area contributed by atoms with Crippen LogP contribution < -0.4 is 5.73 Å². The first-order valence-electron chi connectivity index (χ1n) is 7.11. The Morgan fingerprint density at radius 3 is 2.55 bits per heavy atom. The summed E-state index contributed by atoms with van der Waals surface area (Å²) in [5.41, 5.74) is 6.91.